The third-order valence-electron chi connectivity index (χ3n) is 1.47. The van der Waals surface area contributed by atoms with Gasteiger partial charge in [0.15, 0.2) is 0 Å². The molecule has 1 aromatic heterocycles. The number of nitrogens with zero attached hydrogens (tertiary/aromatic N) is 2. The number of rotatable bonds is 4. The molecule has 2 N–H and O–H groups in total. The largest absolute Gasteiger partial charge is 0.393 e. The Balaban J connectivity index is 2.33. The number of aliphatic hydroxyl groups excluding tert-OH is 1. The van der Waals surface area contributed by atoms with Crippen molar-refractivity contribution in [3.63, 3.8) is 0 Å². The van der Waals surface area contributed by atoms with E-state index in [0.717, 1.165) is 0 Å². The van der Waals surface area contributed by atoms with Crippen LogP contribution in [0.15, 0.2) is 12.4 Å². The van der Waals surface area contributed by atoms with Gasteiger partial charge in [-0.2, -0.15) is 0 Å². The van der Waals surface area contributed by atoms with E-state index in [0.29, 0.717) is 23.9 Å². The van der Waals surface area contributed by atoms with Crippen LogP contribution in [-0.2, 0) is 0 Å². The first kappa shape index (κ1) is 10.2. The number of anilines is 1. The van der Waals surface area contributed by atoms with Crippen LogP contribution in [0.2, 0.25) is 5.02 Å². The number of aliphatic hydroxyl groups is 1. The van der Waals surface area contributed by atoms with Crippen LogP contribution in [0.4, 0.5) is 5.95 Å². The van der Waals surface area contributed by atoms with Gasteiger partial charge in [-0.15, -0.1) is 0 Å². The molecule has 1 atom stereocenters. The van der Waals surface area contributed by atoms with Gasteiger partial charge in [-0.3, -0.25) is 0 Å². The van der Waals surface area contributed by atoms with Gasteiger partial charge in [-0.05, 0) is 13.3 Å². The predicted molar refractivity (Wildman–Crippen MR) is 51.8 cm³/mol. The van der Waals surface area contributed by atoms with Gasteiger partial charge in [-0.25, -0.2) is 9.97 Å². The Hall–Kier alpha value is -0.870. The number of hydrogen-bond donors (Lipinski definition) is 2. The van der Waals surface area contributed by atoms with Crippen molar-refractivity contribution in [2.45, 2.75) is 19.4 Å². The van der Waals surface area contributed by atoms with Crippen LogP contribution < -0.4 is 5.32 Å². The first-order valence-electron chi connectivity index (χ1n) is 4.08. The summed E-state index contributed by atoms with van der Waals surface area (Å²) < 4.78 is 0. The Morgan fingerprint density at radius 3 is 2.69 bits per heavy atom. The first-order chi connectivity index (χ1) is 6.18. The molecule has 0 aliphatic rings. The average Bonchev–Trinajstić information content (AvgIpc) is 2.08. The summed E-state index contributed by atoms with van der Waals surface area (Å²) in [5, 5.41) is 12.4. The van der Waals surface area contributed by atoms with Crippen LogP contribution in [0.1, 0.15) is 13.3 Å². The molecule has 72 valence electrons. The Bertz CT molecular complexity index is 250. The molecule has 1 rings (SSSR count). The van der Waals surface area contributed by atoms with E-state index in [9.17, 15) is 0 Å². The van der Waals surface area contributed by atoms with Crippen molar-refractivity contribution in [3.05, 3.63) is 17.4 Å². The van der Waals surface area contributed by atoms with Gasteiger partial charge in [0.25, 0.3) is 0 Å². The Morgan fingerprint density at radius 1 is 1.54 bits per heavy atom. The maximum atomic E-state index is 8.97. The summed E-state index contributed by atoms with van der Waals surface area (Å²) in [4.78, 5) is 7.88. The molecule has 0 amide bonds. The summed E-state index contributed by atoms with van der Waals surface area (Å²) in [5.74, 6) is 0.532. The predicted octanol–water partition coefficient (Wildman–Crippen LogP) is 1.31. The molecule has 1 aromatic rings. The molecule has 1 heterocycles. The molecule has 0 aromatic carbocycles. The van der Waals surface area contributed by atoms with Gasteiger partial charge in [0.2, 0.25) is 5.95 Å². The van der Waals surface area contributed by atoms with Crippen LogP contribution in [0, 0.1) is 0 Å². The molecule has 0 aliphatic carbocycles. The number of nitrogens with one attached hydrogen (secondary N) is 1. The molecule has 0 saturated heterocycles. The molecule has 5 heteroatoms. The molecule has 0 bridgehead atoms. The molecule has 0 aliphatic heterocycles. The van der Waals surface area contributed by atoms with Crippen LogP contribution in [0.5, 0.6) is 0 Å². The van der Waals surface area contributed by atoms with E-state index in [1.807, 2.05) is 0 Å². The molecular formula is C8H12ClN3O. The zero-order chi connectivity index (χ0) is 9.68. The molecule has 0 radical (unpaired) electrons. The van der Waals surface area contributed by atoms with E-state index in [1.165, 1.54) is 12.4 Å². The van der Waals surface area contributed by atoms with Crippen molar-refractivity contribution in [1.82, 2.24) is 9.97 Å². The molecule has 0 spiro atoms. The highest BCUT2D eigenvalue weighted by Gasteiger charge is 1.97. The number of halogens is 1. The number of hydrogen-bond acceptors (Lipinski definition) is 4. The lowest BCUT2D eigenvalue weighted by atomic mass is 10.3. The van der Waals surface area contributed by atoms with E-state index < -0.39 is 0 Å². The molecule has 4 nitrogen and oxygen atoms in total. The summed E-state index contributed by atoms with van der Waals surface area (Å²) in [6.07, 6.45) is 3.42. The van der Waals surface area contributed by atoms with Crippen LogP contribution in [-0.4, -0.2) is 27.7 Å². The third-order valence-corrected chi connectivity index (χ3v) is 1.66. The fraction of sp³-hybridized carbons (Fsp3) is 0.500. The molecule has 1 unspecified atom stereocenters. The maximum absolute atomic E-state index is 8.97. The smallest absolute Gasteiger partial charge is 0.222 e. The standard InChI is InChI=1S/C8H12ClN3O/c1-6(13)2-3-10-8-11-4-7(9)5-12-8/h4-6,13H,2-3H2,1H3,(H,10,11,12). The van der Waals surface area contributed by atoms with Gasteiger partial charge >= 0.3 is 0 Å². The topological polar surface area (TPSA) is 58.0 Å². The third kappa shape index (κ3) is 4.05. The Kier molecular flexibility index (Phi) is 3.92. The lowest BCUT2D eigenvalue weighted by molar-refractivity contribution is 0.188. The fourth-order valence-corrected chi connectivity index (χ4v) is 0.894. The van der Waals surface area contributed by atoms with E-state index >= 15 is 0 Å². The van der Waals surface area contributed by atoms with E-state index in [-0.39, 0.29) is 6.10 Å². The van der Waals surface area contributed by atoms with Crippen molar-refractivity contribution in [3.8, 4) is 0 Å². The highest BCUT2D eigenvalue weighted by atomic mass is 35.5. The van der Waals surface area contributed by atoms with E-state index in [4.69, 9.17) is 16.7 Å². The second-order valence-corrected chi connectivity index (χ2v) is 3.23. The summed E-state index contributed by atoms with van der Waals surface area (Å²) in [6.45, 7) is 2.39. The summed E-state index contributed by atoms with van der Waals surface area (Å²) in [6, 6.07) is 0. The van der Waals surface area contributed by atoms with Gasteiger partial charge in [0, 0.05) is 6.54 Å². The minimum atomic E-state index is -0.306. The monoisotopic (exact) mass is 201 g/mol. The van der Waals surface area contributed by atoms with E-state index in [1.54, 1.807) is 6.92 Å². The van der Waals surface area contributed by atoms with Crippen molar-refractivity contribution in [2.24, 2.45) is 0 Å². The molecule has 13 heavy (non-hydrogen) atoms. The average molecular weight is 202 g/mol. The lowest BCUT2D eigenvalue weighted by Crippen LogP contribution is -2.11. The van der Waals surface area contributed by atoms with Crippen LogP contribution in [0.3, 0.4) is 0 Å². The van der Waals surface area contributed by atoms with Crippen LogP contribution >= 0.6 is 11.6 Å². The molecular weight excluding hydrogens is 190 g/mol. The van der Waals surface area contributed by atoms with E-state index in [2.05, 4.69) is 15.3 Å². The summed E-state index contributed by atoms with van der Waals surface area (Å²) in [5.41, 5.74) is 0. The Morgan fingerprint density at radius 2 is 2.15 bits per heavy atom. The second-order valence-electron chi connectivity index (χ2n) is 2.79. The summed E-state index contributed by atoms with van der Waals surface area (Å²) in [7, 11) is 0. The van der Waals surface area contributed by atoms with Crippen LogP contribution in [0.25, 0.3) is 0 Å². The van der Waals surface area contributed by atoms with Crippen molar-refractivity contribution in [1.29, 1.82) is 0 Å². The summed E-state index contributed by atoms with van der Waals surface area (Å²) >= 11 is 5.60. The zero-order valence-corrected chi connectivity index (χ0v) is 8.12. The SMILES string of the molecule is CC(O)CCNc1ncc(Cl)cn1. The highest BCUT2D eigenvalue weighted by molar-refractivity contribution is 6.30. The lowest BCUT2D eigenvalue weighted by Gasteiger charge is -2.05. The Labute approximate surface area is 82.0 Å². The fourth-order valence-electron chi connectivity index (χ4n) is 0.796. The minimum Gasteiger partial charge on any atom is -0.393 e. The quantitative estimate of drug-likeness (QED) is 0.772. The molecule has 0 fully saturated rings. The minimum absolute atomic E-state index is 0.306. The maximum Gasteiger partial charge on any atom is 0.222 e. The first-order valence-corrected chi connectivity index (χ1v) is 4.46. The normalized spacial score (nSPS) is 12.5. The van der Waals surface area contributed by atoms with Crippen molar-refractivity contribution < 1.29 is 5.11 Å². The number of aromatic nitrogens is 2. The zero-order valence-electron chi connectivity index (χ0n) is 7.37. The van der Waals surface area contributed by atoms with Crippen molar-refractivity contribution >= 4 is 17.5 Å². The van der Waals surface area contributed by atoms with Gasteiger partial charge < -0.3 is 10.4 Å². The van der Waals surface area contributed by atoms with Gasteiger partial charge in [0.05, 0.1) is 23.5 Å². The van der Waals surface area contributed by atoms with Gasteiger partial charge in [-0.1, -0.05) is 11.6 Å². The van der Waals surface area contributed by atoms with Crippen molar-refractivity contribution in [2.75, 3.05) is 11.9 Å². The molecule has 0 saturated carbocycles. The van der Waals surface area contributed by atoms with Gasteiger partial charge in [0.1, 0.15) is 0 Å². The second kappa shape index (κ2) is 4.99. The highest BCUT2D eigenvalue weighted by Crippen LogP contribution is 2.05.